The molecule has 0 heterocycles. The molecular formula is C13H16FNO3. The molecule has 5 heteroatoms. The Kier molecular flexibility index (Phi) is 5.32. The predicted octanol–water partition coefficient (Wildman–Crippen LogP) is 2.26. The lowest BCUT2D eigenvalue weighted by Crippen LogP contribution is -2.12. The van der Waals surface area contributed by atoms with E-state index in [4.69, 9.17) is 9.84 Å². The van der Waals surface area contributed by atoms with E-state index in [1.165, 1.54) is 13.8 Å². The van der Waals surface area contributed by atoms with Crippen LogP contribution in [-0.2, 0) is 4.79 Å². The number of amides is 1. The van der Waals surface area contributed by atoms with E-state index in [1.54, 1.807) is 24.3 Å². The number of hydrogen-bond acceptors (Lipinski definition) is 3. The van der Waals surface area contributed by atoms with Crippen LogP contribution in [0.3, 0.4) is 0 Å². The Morgan fingerprint density at radius 2 is 1.94 bits per heavy atom. The number of anilines is 1. The molecule has 0 saturated carbocycles. The molecule has 0 saturated heterocycles. The van der Waals surface area contributed by atoms with Crippen LogP contribution in [0.15, 0.2) is 35.7 Å². The van der Waals surface area contributed by atoms with Gasteiger partial charge < -0.3 is 15.2 Å². The molecule has 1 aromatic rings. The number of halogens is 1. The normalized spacial score (nSPS) is 9.78. The molecule has 0 fully saturated rings. The van der Waals surface area contributed by atoms with Gasteiger partial charge in [0, 0.05) is 5.69 Å². The summed E-state index contributed by atoms with van der Waals surface area (Å²) >= 11 is 0. The van der Waals surface area contributed by atoms with Gasteiger partial charge in [0.2, 0.25) is 0 Å². The van der Waals surface area contributed by atoms with Crippen molar-refractivity contribution in [2.24, 2.45) is 0 Å². The monoisotopic (exact) mass is 253 g/mol. The summed E-state index contributed by atoms with van der Waals surface area (Å²) in [6, 6.07) is 6.46. The highest BCUT2D eigenvalue weighted by Crippen LogP contribution is 2.17. The number of aliphatic hydroxyl groups excluding tert-OH is 1. The molecule has 1 amide bonds. The number of benzene rings is 1. The number of aliphatic hydroxyl groups is 1. The van der Waals surface area contributed by atoms with E-state index in [0.717, 1.165) is 0 Å². The lowest BCUT2D eigenvalue weighted by molar-refractivity contribution is -0.114. The molecule has 0 aliphatic heterocycles. The van der Waals surface area contributed by atoms with Gasteiger partial charge in [-0.15, -0.1) is 0 Å². The number of nitrogens with one attached hydrogen (secondary N) is 1. The number of hydrogen-bond donors (Lipinski definition) is 2. The van der Waals surface area contributed by atoms with Crippen LogP contribution in [-0.4, -0.2) is 24.2 Å². The maximum atomic E-state index is 13.3. The third-order valence-electron chi connectivity index (χ3n) is 2.11. The number of ether oxygens (including phenoxy) is 1. The fourth-order valence-corrected chi connectivity index (χ4v) is 1.21. The van der Waals surface area contributed by atoms with Crippen molar-refractivity contribution in [3.8, 4) is 5.75 Å². The van der Waals surface area contributed by atoms with E-state index in [9.17, 15) is 9.18 Å². The molecular weight excluding hydrogens is 237 g/mol. The van der Waals surface area contributed by atoms with Gasteiger partial charge in [0.15, 0.2) is 5.83 Å². The second kappa shape index (κ2) is 6.76. The minimum atomic E-state index is -0.782. The Balaban J connectivity index is 2.64. The number of rotatable bonds is 5. The van der Waals surface area contributed by atoms with Gasteiger partial charge in [-0.3, -0.25) is 4.79 Å². The molecule has 18 heavy (non-hydrogen) atoms. The Labute approximate surface area is 105 Å². The van der Waals surface area contributed by atoms with E-state index < -0.39 is 11.7 Å². The molecule has 98 valence electrons. The molecule has 1 rings (SSSR count). The first-order chi connectivity index (χ1) is 8.54. The van der Waals surface area contributed by atoms with Crippen LogP contribution in [0.1, 0.15) is 13.8 Å². The van der Waals surface area contributed by atoms with E-state index in [1.807, 2.05) is 0 Å². The Morgan fingerprint density at radius 1 is 1.33 bits per heavy atom. The highest BCUT2D eigenvalue weighted by molar-refractivity contribution is 6.02. The van der Waals surface area contributed by atoms with Gasteiger partial charge in [0.25, 0.3) is 5.91 Å². The molecule has 0 unspecified atom stereocenters. The lowest BCUT2D eigenvalue weighted by atomic mass is 10.2. The van der Waals surface area contributed by atoms with Gasteiger partial charge in [0.1, 0.15) is 12.4 Å². The summed E-state index contributed by atoms with van der Waals surface area (Å²) < 4.78 is 18.4. The summed E-state index contributed by atoms with van der Waals surface area (Å²) in [6.45, 7) is 3.20. The third-order valence-corrected chi connectivity index (χ3v) is 2.11. The number of carbonyl (C=O) groups is 1. The average molecular weight is 253 g/mol. The molecule has 0 aliphatic carbocycles. The summed E-state index contributed by atoms with van der Waals surface area (Å²) in [5.41, 5.74) is 0.808. The van der Waals surface area contributed by atoms with Crippen molar-refractivity contribution in [2.75, 3.05) is 18.5 Å². The van der Waals surface area contributed by atoms with E-state index in [2.05, 4.69) is 5.32 Å². The molecule has 0 atom stereocenters. The Hall–Kier alpha value is -1.88. The first kappa shape index (κ1) is 14.2. The van der Waals surface area contributed by atoms with Crippen LogP contribution < -0.4 is 10.1 Å². The van der Waals surface area contributed by atoms with Gasteiger partial charge in [0.05, 0.1) is 6.61 Å². The fraction of sp³-hybridized carbons (Fsp3) is 0.308. The van der Waals surface area contributed by atoms with Crippen molar-refractivity contribution < 1.29 is 19.0 Å². The smallest absolute Gasteiger partial charge is 0.284 e. The van der Waals surface area contributed by atoms with Crippen molar-refractivity contribution in [3.05, 3.63) is 35.7 Å². The van der Waals surface area contributed by atoms with Crippen molar-refractivity contribution >= 4 is 11.6 Å². The zero-order valence-electron chi connectivity index (χ0n) is 10.4. The maximum absolute atomic E-state index is 13.3. The molecule has 1 aromatic carbocycles. The predicted molar refractivity (Wildman–Crippen MR) is 67.1 cm³/mol. The minimum Gasteiger partial charge on any atom is -0.491 e. The van der Waals surface area contributed by atoms with Crippen molar-refractivity contribution in [3.63, 3.8) is 0 Å². The summed E-state index contributed by atoms with van der Waals surface area (Å²) in [4.78, 5) is 11.4. The van der Waals surface area contributed by atoms with Gasteiger partial charge in [-0.1, -0.05) is 0 Å². The average Bonchev–Trinajstić information content (AvgIpc) is 2.36. The largest absolute Gasteiger partial charge is 0.491 e. The quantitative estimate of drug-likeness (QED) is 0.791. The van der Waals surface area contributed by atoms with Crippen molar-refractivity contribution in [1.82, 2.24) is 0 Å². The standard InChI is InChI=1S/C13H16FNO3/c1-9(2)12(14)13(17)15-10-3-5-11(6-4-10)18-8-7-16/h3-6,16H,7-8H2,1-2H3,(H,15,17). The van der Waals surface area contributed by atoms with E-state index >= 15 is 0 Å². The summed E-state index contributed by atoms with van der Waals surface area (Å²) in [5, 5.41) is 11.0. The van der Waals surface area contributed by atoms with Gasteiger partial charge >= 0.3 is 0 Å². The summed E-state index contributed by atoms with van der Waals surface area (Å²) in [7, 11) is 0. The van der Waals surface area contributed by atoms with E-state index in [-0.39, 0.29) is 13.2 Å². The molecule has 0 spiro atoms. The first-order valence-corrected chi connectivity index (χ1v) is 5.52. The summed E-state index contributed by atoms with van der Waals surface area (Å²) in [6.07, 6.45) is 0. The topological polar surface area (TPSA) is 58.6 Å². The molecule has 4 nitrogen and oxygen atoms in total. The third kappa shape index (κ3) is 4.18. The van der Waals surface area contributed by atoms with Crippen LogP contribution in [0, 0.1) is 0 Å². The van der Waals surface area contributed by atoms with Crippen LogP contribution >= 0.6 is 0 Å². The van der Waals surface area contributed by atoms with Crippen LogP contribution in [0.4, 0.5) is 10.1 Å². The first-order valence-electron chi connectivity index (χ1n) is 5.52. The molecule has 2 N–H and O–H groups in total. The van der Waals surface area contributed by atoms with Crippen LogP contribution in [0.25, 0.3) is 0 Å². The fourth-order valence-electron chi connectivity index (χ4n) is 1.21. The van der Waals surface area contributed by atoms with Gasteiger partial charge in [-0.2, -0.15) is 0 Å². The summed E-state index contributed by atoms with van der Waals surface area (Å²) in [5.74, 6) is -0.973. The lowest BCUT2D eigenvalue weighted by Gasteiger charge is -2.07. The molecule has 0 bridgehead atoms. The molecule has 0 aromatic heterocycles. The molecule has 0 aliphatic rings. The van der Waals surface area contributed by atoms with Crippen molar-refractivity contribution in [1.29, 1.82) is 0 Å². The van der Waals surface area contributed by atoms with Crippen LogP contribution in [0.5, 0.6) is 5.75 Å². The zero-order chi connectivity index (χ0) is 13.5. The Bertz CT molecular complexity index is 436. The van der Waals surface area contributed by atoms with Gasteiger partial charge in [-0.25, -0.2) is 4.39 Å². The highest BCUT2D eigenvalue weighted by atomic mass is 19.1. The SMILES string of the molecule is CC(C)=C(F)C(=O)Nc1ccc(OCCO)cc1. The van der Waals surface area contributed by atoms with Crippen molar-refractivity contribution in [2.45, 2.75) is 13.8 Å². The second-order valence-corrected chi connectivity index (χ2v) is 3.86. The van der Waals surface area contributed by atoms with Crippen LogP contribution in [0.2, 0.25) is 0 Å². The molecule has 0 radical (unpaired) electrons. The van der Waals surface area contributed by atoms with E-state index in [0.29, 0.717) is 17.0 Å². The highest BCUT2D eigenvalue weighted by Gasteiger charge is 2.10. The second-order valence-electron chi connectivity index (χ2n) is 3.86. The zero-order valence-corrected chi connectivity index (χ0v) is 10.4. The number of allylic oxidation sites excluding steroid dienone is 1. The Morgan fingerprint density at radius 3 is 2.44 bits per heavy atom. The number of carbonyl (C=O) groups excluding carboxylic acids is 1. The maximum Gasteiger partial charge on any atom is 0.284 e. The van der Waals surface area contributed by atoms with Gasteiger partial charge in [-0.05, 0) is 43.7 Å². The minimum absolute atomic E-state index is 0.0652.